The molecule has 131 heavy (non-hydrogen) atoms. The van der Waals surface area contributed by atoms with Gasteiger partial charge in [0.25, 0.3) is 11.1 Å². The number of rotatable bonds is 33. The average molecular weight is 1900 g/mol. The van der Waals surface area contributed by atoms with Crippen LogP contribution < -0.4 is 65.0 Å². The Morgan fingerprint density at radius 3 is 1.05 bits per heavy atom. The summed E-state index contributed by atoms with van der Waals surface area (Å²) in [6.07, 6.45) is 12.7. The summed E-state index contributed by atoms with van der Waals surface area (Å²) in [6.45, 7) is 10.3. The first-order valence-electron chi connectivity index (χ1n) is 44.5. The number of carboxylic acid groups (broad SMARTS) is 1. The van der Waals surface area contributed by atoms with E-state index < -0.39 is 5.97 Å². The molecule has 0 saturated heterocycles. The first-order valence-corrected chi connectivity index (χ1v) is 47.6. The highest BCUT2D eigenvalue weighted by atomic mass is 79.9. The summed E-state index contributed by atoms with van der Waals surface area (Å²) in [7, 11) is 7.22. The molecular weight excluding hydrogens is 1780 g/mol. The van der Waals surface area contributed by atoms with Crippen LogP contribution in [0.3, 0.4) is 0 Å². The van der Waals surface area contributed by atoms with Crippen molar-refractivity contribution < 1.29 is 76.4 Å². The molecule has 0 amide bonds. The number of nitrogens with zero attached hydrogens (tertiary/aromatic N) is 9. The molecule has 11 aromatic rings. The van der Waals surface area contributed by atoms with Crippen LogP contribution in [-0.4, -0.2) is 167 Å². The van der Waals surface area contributed by atoms with E-state index in [1.807, 2.05) is 103 Å². The van der Waals surface area contributed by atoms with Crippen molar-refractivity contribution in [3.63, 3.8) is 0 Å². The second kappa shape index (κ2) is 46.4. The van der Waals surface area contributed by atoms with Gasteiger partial charge in [0.2, 0.25) is 27.2 Å². The quantitative estimate of drug-likeness (QED) is 0.00963. The maximum absolute atomic E-state index is 12.4. The molecule has 0 aliphatic carbocycles. The van der Waals surface area contributed by atoms with Crippen LogP contribution in [0, 0.1) is 0 Å². The lowest BCUT2D eigenvalue weighted by Gasteiger charge is -2.17. The van der Waals surface area contributed by atoms with Crippen LogP contribution >= 0.6 is 39.5 Å². The van der Waals surface area contributed by atoms with Gasteiger partial charge in [0.1, 0.15) is 17.5 Å². The number of carbonyl (C=O) groups excluding carboxylic acids is 3. The maximum Gasteiger partial charge on any atom is 0.306 e. The Labute approximate surface area is 776 Å². The highest BCUT2D eigenvalue weighted by Gasteiger charge is 2.29. The number of hydrogen-bond donors (Lipinski definition) is 6. The molecule has 0 spiro atoms. The van der Waals surface area contributed by atoms with Gasteiger partial charge in [-0.15, -0.1) is 23.5 Å². The van der Waals surface area contributed by atoms with Crippen LogP contribution in [0.15, 0.2) is 153 Å². The third-order valence-corrected chi connectivity index (χ3v) is 25.5. The van der Waals surface area contributed by atoms with E-state index in [-0.39, 0.29) is 106 Å². The number of aromatic nitrogens is 11. The number of carbonyl (C=O) groups is 4. The molecule has 4 atom stereocenters. The number of benzene rings is 4. The molecule has 4 unspecified atom stereocenters. The number of thioether (sulfide) groups is 2. The number of esters is 3. The SMILES string of the molecule is BrCCc1ccc2c(n1)NCCC2.CCOC(=O)CC(Cc1cc(=O)n(C)[nH]1)c1ccc2c(c1)OCO2.CCOC(=O)CC(Cc1cc(=O)n(C)[nH]1)c1ccc2c(c1)OCO2.CCOC(=O)CC(Cc1cc(SCCc2ccc3c(n2)NCCC3)n(C)n1)c1ccc2c(c1)OCO2.Cn1nc(CC(CC(=O)O)c2ccc3c(c2)OCO3)cc1SCCc1ccc2c(n1)NCCC2. The van der Waals surface area contributed by atoms with E-state index in [4.69, 9.17) is 67.2 Å². The van der Waals surface area contributed by atoms with Crippen molar-refractivity contribution >= 4 is 80.8 Å². The molecule has 6 N–H and O–H groups in total. The first kappa shape index (κ1) is 94.7. The van der Waals surface area contributed by atoms with Crippen molar-refractivity contribution in [3.05, 3.63) is 233 Å². The second-order valence-electron chi connectivity index (χ2n) is 32.4. The van der Waals surface area contributed by atoms with Crippen molar-refractivity contribution in [3.8, 4) is 46.0 Å². The Kier molecular flexibility index (Phi) is 33.6. The molecule has 35 heteroatoms. The number of fused-ring (bicyclic) bond motifs is 7. The van der Waals surface area contributed by atoms with Crippen LogP contribution in [0.4, 0.5) is 17.5 Å². The summed E-state index contributed by atoms with van der Waals surface area (Å²) in [6, 6.07) is 43.1. The van der Waals surface area contributed by atoms with Crippen LogP contribution in [-0.2, 0) is 126 Å². The molecule has 32 nitrogen and oxygen atoms in total. The van der Waals surface area contributed by atoms with Crippen molar-refractivity contribution in [2.45, 2.75) is 164 Å². The van der Waals surface area contributed by atoms with Crippen LogP contribution in [0.5, 0.6) is 46.0 Å². The molecule has 18 rings (SSSR count). The third-order valence-electron chi connectivity index (χ3n) is 23.0. The zero-order valence-electron chi connectivity index (χ0n) is 74.8. The molecule has 0 radical (unpaired) electrons. The Hall–Kier alpha value is -12.4. The molecule has 694 valence electrons. The zero-order chi connectivity index (χ0) is 91.7. The number of aryl methyl sites for hydroxylation is 10. The summed E-state index contributed by atoms with van der Waals surface area (Å²) < 4.78 is 65.4. The van der Waals surface area contributed by atoms with Gasteiger partial charge in [-0.05, 0) is 234 Å². The lowest BCUT2D eigenvalue weighted by atomic mass is 9.91. The van der Waals surface area contributed by atoms with E-state index in [1.165, 1.54) is 51.0 Å². The standard InChI is InChI=1S/C27H32N4O4S.C25H28N4O4S.2C17H20N2O5.C10H13BrN2/c1-3-33-26(32)15-20(19-7-9-23-24(14-19)35-17-34-23)13-22-16-25(31(2)30-22)36-12-10-21-8-6-18-5-4-11-28-27(18)29-21;1-29-23(34-10-8-19-6-4-16-3-2-9-26-25(16)27-19)14-20(28-29)11-18(13-24(30)31)17-5-7-21-22(12-17)33-15-32-21;2*1-3-22-17(21)8-12(6-13-9-16(20)19(2)18-13)11-4-5-14-15(7-11)24-10-23-14;11-6-5-9-4-3-8-2-1-7-12-10(8)13-9/h6-9,14,16,20H,3-5,10-13,15,17H2,1-2H3,(H,28,29);4-7,12,14,18H,2-3,8-11,13,15H2,1H3,(H,26,27)(H,30,31);2*4-5,7,9,12,18H,3,6,8,10H2,1-2H3;3-4H,1-2,5-7H2,(H,12,13). The number of aromatic amines is 2. The summed E-state index contributed by atoms with van der Waals surface area (Å²) in [5, 5.41) is 38.2. The number of pyridine rings is 3. The molecule has 7 aliphatic heterocycles. The Balaban J connectivity index is 0.000000136. The fourth-order valence-electron chi connectivity index (χ4n) is 16.3. The number of halogens is 1. The molecule has 4 aromatic carbocycles. The van der Waals surface area contributed by atoms with Crippen LogP contribution in [0.2, 0.25) is 0 Å². The van der Waals surface area contributed by atoms with Gasteiger partial charge in [-0.2, -0.15) is 10.2 Å². The number of anilines is 3. The van der Waals surface area contributed by atoms with Gasteiger partial charge in [-0.1, -0.05) is 58.4 Å². The molecule has 7 aromatic heterocycles. The van der Waals surface area contributed by atoms with E-state index in [0.29, 0.717) is 85.8 Å². The molecule has 0 saturated carbocycles. The normalized spacial score (nSPS) is 14.4. The number of alkyl halides is 1. The minimum absolute atomic E-state index is 0.0245. The van der Waals surface area contributed by atoms with Crippen LogP contribution in [0.25, 0.3) is 0 Å². The summed E-state index contributed by atoms with van der Waals surface area (Å²) >= 11 is 6.94. The molecule has 14 heterocycles. The monoisotopic (exact) mass is 1890 g/mol. The number of H-pyrrole nitrogens is 2. The number of ether oxygens (including phenoxy) is 11. The summed E-state index contributed by atoms with van der Waals surface area (Å²) in [5.41, 5.74) is 14.3. The molecule has 7 aliphatic rings. The smallest absolute Gasteiger partial charge is 0.306 e. The largest absolute Gasteiger partial charge is 0.481 e. The third kappa shape index (κ3) is 26.5. The van der Waals surface area contributed by atoms with E-state index in [0.717, 1.165) is 165 Å². The van der Waals surface area contributed by atoms with Crippen molar-refractivity contribution in [1.82, 2.24) is 54.1 Å². The summed E-state index contributed by atoms with van der Waals surface area (Å²) in [5.74, 6) is 8.42. The Morgan fingerprint density at radius 1 is 0.412 bits per heavy atom. The lowest BCUT2D eigenvalue weighted by Crippen LogP contribution is -2.14. The predicted molar refractivity (Wildman–Crippen MR) is 500 cm³/mol. The average Bonchev–Trinajstić information content (AvgIpc) is 1.59. The van der Waals surface area contributed by atoms with Gasteiger partial charge < -0.3 is 73.2 Å². The molecule has 0 bridgehead atoms. The van der Waals surface area contributed by atoms with Crippen LogP contribution in [0.1, 0.15) is 168 Å². The van der Waals surface area contributed by atoms with Crippen molar-refractivity contribution in [2.24, 2.45) is 28.2 Å². The number of nitrogens with one attached hydrogen (secondary N) is 5. The van der Waals surface area contributed by atoms with Gasteiger partial charge in [-0.3, -0.25) is 57.7 Å². The Morgan fingerprint density at radius 2 is 0.733 bits per heavy atom. The Bertz CT molecular complexity index is 5760. The van der Waals surface area contributed by atoms with Gasteiger partial charge >= 0.3 is 23.9 Å². The first-order chi connectivity index (χ1) is 63.7. The molecular formula is C96H113BrN14O18S2. The van der Waals surface area contributed by atoms with Crippen molar-refractivity contribution in [1.29, 1.82) is 0 Å². The number of hydrogen-bond acceptors (Lipinski definition) is 27. The number of carboxylic acids is 1. The predicted octanol–water partition coefficient (Wildman–Crippen LogP) is 14.4. The zero-order valence-corrected chi connectivity index (χ0v) is 78.1. The lowest BCUT2D eigenvalue weighted by molar-refractivity contribution is -0.144. The van der Waals surface area contributed by atoms with E-state index in [9.17, 15) is 33.9 Å². The minimum atomic E-state index is -0.833. The molecule has 0 fully saturated rings. The maximum atomic E-state index is 12.4. The minimum Gasteiger partial charge on any atom is -0.481 e. The fraction of sp³-hybridized carbons (Fsp3) is 0.427. The van der Waals surface area contributed by atoms with Gasteiger partial charge in [0.05, 0.1) is 66.9 Å². The van der Waals surface area contributed by atoms with E-state index >= 15 is 0 Å². The van der Waals surface area contributed by atoms with E-state index in [2.05, 4.69) is 101 Å². The van der Waals surface area contributed by atoms with Gasteiger partial charge in [0.15, 0.2) is 46.0 Å². The van der Waals surface area contributed by atoms with Gasteiger partial charge in [0, 0.05) is 117 Å². The highest BCUT2D eigenvalue weighted by molar-refractivity contribution is 9.09. The number of aliphatic carboxylic acids is 1. The second-order valence-corrected chi connectivity index (χ2v) is 35.4. The van der Waals surface area contributed by atoms with E-state index in [1.54, 1.807) is 63.6 Å². The van der Waals surface area contributed by atoms with Crippen molar-refractivity contribution in [2.75, 3.05) is 99.4 Å². The summed E-state index contributed by atoms with van der Waals surface area (Å²) in [4.78, 5) is 85.3. The topological polar surface area (TPSA) is 376 Å². The fourth-order valence-corrected chi connectivity index (χ4v) is 18.7. The van der Waals surface area contributed by atoms with Gasteiger partial charge in [-0.25, -0.2) is 15.0 Å². The highest BCUT2D eigenvalue weighted by Crippen LogP contribution is 2.42.